The van der Waals surface area contributed by atoms with Crippen LogP contribution < -0.4 is 0 Å². The molecule has 14 saturated carbocycles. The average Bonchev–Trinajstić information content (AvgIpc) is 4.24. The summed E-state index contributed by atoms with van der Waals surface area (Å²) in [6, 6.07) is 0. The molecule has 0 saturated heterocycles. The van der Waals surface area contributed by atoms with Gasteiger partial charge >= 0.3 is 0 Å². The molecule has 0 aromatic heterocycles. The standard InChI is InChI=1S/C15H24.C12H18.C11H18.C10H16.8C2H6/c1-2-4-11-9-15-13-6-5-12(7-13)14(15)8-10(11)3-1;1-2-8-5-7(1)11-9-3-4-10(6-9)12(8)11;1-2-4-11-9-6-5-8(7-9)10(11)3-1;1-2-9-7-4-5-8(6-7)10(9)3-1;8*1-2/h10-15H,1-9H2;7-12H,1-6H2;8-11H,1-7H2;7-10H,1-6H2;8*1-2H3. The molecule has 0 amide bonds. The summed E-state index contributed by atoms with van der Waals surface area (Å²) < 4.78 is 0. The van der Waals surface area contributed by atoms with Crippen LogP contribution in [0.25, 0.3) is 0 Å². The minimum atomic E-state index is 1.17. The fourth-order valence-electron chi connectivity index (χ4n) is 19.6. The Labute approximate surface area is 407 Å². The Morgan fingerprint density at radius 2 is 0.359 bits per heavy atom. The van der Waals surface area contributed by atoms with Crippen molar-refractivity contribution in [2.75, 3.05) is 0 Å². The summed E-state index contributed by atoms with van der Waals surface area (Å²) in [6.45, 7) is 32.0. The molecule has 14 rings (SSSR count). The second-order valence-electron chi connectivity index (χ2n) is 22.3. The molecule has 64 heavy (non-hydrogen) atoms. The van der Waals surface area contributed by atoms with Crippen molar-refractivity contribution in [3.05, 3.63) is 0 Å². The summed E-state index contributed by atoms with van der Waals surface area (Å²) in [5, 5.41) is 0. The molecule has 14 fully saturated rings. The normalized spacial score (nSPS) is 45.0. The summed E-state index contributed by atoms with van der Waals surface area (Å²) in [5.74, 6) is 23.9. The maximum absolute atomic E-state index is 2.00. The van der Waals surface area contributed by atoms with Crippen LogP contribution >= 0.6 is 0 Å². The zero-order valence-electron chi connectivity index (χ0n) is 47.3. The molecule has 14 aliphatic carbocycles. The second kappa shape index (κ2) is 31.3. The van der Waals surface area contributed by atoms with Gasteiger partial charge in [-0.1, -0.05) is 156 Å². The molecule has 0 radical (unpaired) electrons. The topological polar surface area (TPSA) is 0 Å². The van der Waals surface area contributed by atoms with Crippen molar-refractivity contribution in [3.63, 3.8) is 0 Å². The minimum absolute atomic E-state index is 1.17. The van der Waals surface area contributed by atoms with Gasteiger partial charge in [-0.25, -0.2) is 0 Å². The van der Waals surface area contributed by atoms with E-state index in [9.17, 15) is 0 Å². The van der Waals surface area contributed by atoms with E-state index in [0.29, 0.717) is 0 Å². The Morgan fingerprint density at radius 3 is 0.641 bits per heavy atom. The molecule has 0 spiro atoms. The van der Waals surface area contributed by atoms with E-state index in [0.717, 1.165) is 0 Å². The van der Waals surface area contributed by atoms with Crippen LogP contribution in [-0.2, 0) is 0 Å². The molecule has 380 valence electrons. The quantitative estimate of drug-likeness (QED) is 0.213. The average molecular weight is 894 g/mol. The lowest BCUT2D eigenvalue weighted by Gasteiger charge is -2.45. The minimum Gasteiger partial charge on any atom is -0.0683 e. The first kappa shape index (κ1) is 58.3. The van der Waals surface area contributed by atoms with Crippen LogP contribution in [0.1, 0.15) is 291 Å². The van der Waals surface area contributed by atoms with E-state index in [-0.39, 0.29) is 0 Å². The van der Waals surface area contributed by atoms with E-state index < -0.39 is 0 Å². The first-order chi connectivity index (χ1) is 31.7. The number of hydrogen-bond acceptors (Lipinski definition) is 0. The maximum atomic E-state index is 2.00. The Hall–Kier alpha value is 0. The van der Waals surface area contributed by atoms with Crippen LogP contribution in [0.15, 0.2) is 0 Å². The molecular formula is C64H124. The summed E-state index contributed by atoms with van der Waals surface area (Å²) in [4.78, 5) is 0. The van der Waals surface area contributed by atoms with Gasteiger partial charge in [0, 0.05) is 0 Å². The smallest absolute Gasteiger partial charge is 0.0323 e. The number of fused-ring (bicyclic) bond motifs is 25. The molecule has 0 N–H and O–H groups in total. The van der Waals surface area contributed by atoms with Crippen molar-refractivity contribution in [2.45, 2.75) is 291 Å². The molecule has 0 nitrogen and oxygen atoms in total. The zero-order valence-corrected chi connectivity index (χ0v) is 47.3. The third-order valence-electron chi connectivity index (χ3n) is 21.1. The summed E-state index contributed by atoms with van der Waals surface area (Å²) in [6.07, 6.45) is 44.7. The van der Waals surface area contributed by atoms with Crippen LogP contribution in [-0.4, -0.2) is 0 Å². The van der Waals surface area contributed by atoms with Crippen LogP contribution in [0.3, 0.4) is 0 Å². The van der Waals surface area contributed by atoms with Crippen molar-refractivity contribution in [1.82, 2.24) is 0 Å². The van der Waals surface area contributed by atoms with Crippen molar-refractivity contribution in [2.24, 2.45) is 118 Å². The Balaban J connectivity index is 0.000000207. The van der Waals surface area contributed by atoms with Gasteiger partial charge in [0.15, 0.2) is 0 Å². The Kier molecular flexibility index (Phi) is 28.5. The van der Waals surface area contributed by atoms with Gasteiger partial charge in [-0.2, -0.15) is 0 Å². The van der Waals surface area contributed by atoms with Crippen molar-refractivity contribution in [3.8, 4) is 0 Å². The summed E-state index contributed by atoms with van der Waals surface area (Å²) >= 11 is 0. The monoisotopic (exact) mass is 893 g/mol. The Morgan fingerprint density at radius 1 is 0.156 bits per heavy atom. The van der Waals surface area contributed by atoms with E-state index >= 15 is 0 Å². The fraction of sp³-hybridized carbons (Fsp3) is 1.00. The molecule has 0 aliphatic heterocycles. The highest BCUT2D eigenvalue weighted by Gasteiger charge is 2.59. The molecule has 0 heteroatoms. The number of rotatable bonds is 0. The van der Waals surface area contributed by atoms with Crippen LogP contribution in [0, 0.1) is 118 Å². The van der Waals surface area contributed by atoms with Gasteiger partial charge in [0.2, 0.25) is 0 Å². The summed E-state index contributed by atoms with van der Waals surface area (Å²) in [5.41, 5.74) is 0. The highest BCUT2D eigenvalue weighted by Crippen LogP contribution is 2.67. The molecule has 0 aromatic rings. The maximum Gasteiger partial charge on any atom is -0.0323 e. The highest BCUT2D eigenvalue weighted by molar-refractivity contribution is 5.08. The van der Waals surface area contributed by atoms with Crippen LogP contribution in [0.4, 0.5) is 0 Å². The van der Waals surface area contributed by atoms with E-state index in [1.165, 1.54) is 118 Å². The van der Waals surface area contributed by atoms with Crippen molar-refractivity contribution < 1.29 is 0 Å². The molecule has 14 aliphatic rings. The van der Waals surface area contributed by atoms with E-state index in [1.54, 1.807) is 180 Å². The van der Waals surface area contributed by atoms with Gasteiger partial charge in [0.1, 0.15) is 0 Å². The largest absolute Gasteiger partial charge is 0.0683 e. The molecule has 10 bridgehead atoms. The second-order valence-corrected chi connectivity index (χ2v) is 22.3. The van der Waals surface area contributed by atoms with E-state index in [2.05, 4.69) is 0 Å². The highest BCUT2D eigenvalue weighted by atomic mass is 14.6. The van der Waals surface area contributed by atoms with Crippen LogP contribution in [0.5, 0.6) is 0 Å². The van der Waals surface area contributed by atoms with Gasteiger partial charge in [0.25, 0.3) is 0 Å². The molecule has 18 atom stereocenters. The first-order valence-corrected chi connectivity index (χ1v) is 31.7. The molecule has 0 heterocycles. The summed E-state index contributed by atoms with van der Waals surface area (Å²) in [7, 11) is 0. The Bertz CT molecular complexity index is 1030. The SMILES string of the molecule is C1CC2C3CCC(C3)C2C1.C1CC2CC1C1C3CCC(C3)C21.C1CCC2C3CCC(C3)C2C1.C1CCC2CC3C4CCC(C4)C3CC2C1.CC.CC.CC.CC.CC.CC.CC.CC. The molecular weight excluding hydrogens is 769 g/mol. The van der Waals surface area contributed by atoms with Gasteiger partial charge in [-0.3, -0.25) is 0 Å². The third-order valence-corrected chi connectivity index (χ3v) is 21.1. The molecule has 0 aromatic carbocycles. The van der Waals surface area contributed by atoms with Crippen molar-refractivity contribution >= 4 is 0 Å². The third kappa shape index (κ3) is 13.0. The van der Waals surface area contributed by atoms with Gasteiger partial charge < -0.3 is 0 Å². The predicted octanol–water partition coefficient (Wildman–Crippen LogP) is 21.6. The van der Waals surface area contributed by atoms with Gasteiger partial charge in [-0.05, 0) is 253 Å². The van der Waals surface area contributed by atoms with Gasteiger partial charge in [-0.15, -0.1) is 0 Å². The zero-order chi connectivity index (χ0) is 47.3. The lowest BCUT2D eigenvalue weighted by atomic mass is 9.60. The van der Waals surface area contributed by atoms with E-state index in [4.69, 9.17) is 0 Å². The van der Waals surface area contributed by atoms with Crippen molar-refractivity contribution in [1.29, 1.82) is 0 Å². The fourth-order valence-corrected chi connectivity index (χ4v) is 19.6. The predicted molar refractivity (Wildman–Crippen MR) is 290 cm³/mol. The first-order valence-electron chi connectivity index (χ1n) is 31.7. The molecule has 18 unspecified atom stereocenters. The van der Waals surface area contributed by atoms with E-state index in [1.807, 2.05) is 111 Å². The number of hydrogen-bond donors (Lipinski definition) is 0. The lowest BCUT2D eigenvalue weighted by molar-refractivity contribution is 0.0455. The van der Waals surface area contributed by atoms with Gasteiger partial charge in [0.05, 0.1) is 0 Å². The lowest BCUT2D eigenvalue weighted by Crippen LogP contribution is -2.36. The van der Waals surface area contributed by atoms with Crippen LogP contribution in [0.2, 0.25) is 0 Å².